The number of carbonyl (C=O) groups is 1. The van der Waals surface area contributed by atoms with Crippen LogP contribution in [0.5, 0.6) is 0 Å². The Labute approximate surface area is 229 Å². The van der Waals surface area contributed by atoms with Crippen molar-refractivity contribution in [1.82, 2.24) is 9.97 Å². The molecule has 1 rings (SSSR count). The second-order valence-corrected chi connectivity index (χ2v) is 8.51. The molecule has 0 fully saturated rings. The van der Waals surface area contributed by atoms with E-state index in [2.05, 4.69) is 16.9 Å². The molecule has 0 saturated heterocycles. The molecule has 0 N–H and O–H groups in total. The van der Waals surface area contributed by atoms with Crippen molar-refractivity contribution < 1.29 is 50.1 Å². The van der Waals surface area contributed by atoms with Gasteiger partial charge in [0, 0.05) is 32.2 Å². The van der Waals surface area contributed by atoms with Crippen molar-refractivity contribution >= 4 is 17.5 Å². The Kier molecular flexibility index (Phi) is 19.0. The molecule has 0 unspecified atom stereocenters. The maximum absolute atomic E-state index is 13.1. The van der Waals surface area contributed by atoms with E-state index in [1.54, 1.807) is 27.7 Å². The number of nitrogens with zero attached hydrogens (tertiary/aromatic N) is 2. The monoisotopic (exact) mass is 590 g/mol. The lowest BCUT2D eigenvalue weighted by Crippen LogP contribution is -2.22. The Morgan fingerprint density at radius 2 is 1.44 bits per heavy atom. The molecule has 0 radical (unpaired) electrons. The Hall–Kier alpha value is -1.92. The predicted octanol–water partition coefficient (Wildman–Crippen LogP) is 6.76. The fraction of sp³-hybridized carbons (Fsp3) is 0.720. The molecule has 0 bridgehead atoms. The van der Waals surface area contributed by atoms with Crippen LogP contribution in [0.1, 0.15) is 78.0 Å². The molecule has 0 aliphatic rings. The summed E-state index contributed by atoms with van der Waals surface area (Å²) in [7, 11) is 0. The first-order valence-electron chi connectivity index (χ1n) is 12.5. The number of rotatable bonds is 15. The Bertz CT molecular complexity index is 878. The zero-order valence-electron chi connectivity index (χ0n) is 22.7. The average Bonchev–Trinajstić information content (AvgIpc) is 2.86. The van der Waals surface area contributed by atoms with Crippen LogP contribution in [-0.4, -0.2) is 60.4 Å². The number of ether oxygens (including phenoxy) is 4. The Morgan fingerprint density at radius 3 is 1.90 bits per heavy atom. The van der Waals surface area contributed by atoms with Crippen molar-refractivity contribution in [2.45, 2.75) is 90.4 Å². The minimum atomic E-state index is -4.93. The van der Waals surface area contributed by atoms with E-state index in [0.717, 1.165) is 31.7 Å². The molecule has 1 heterocycles. The summed E-state index contributed by atoms with van der Waals surface area (Å²) in [5.41, 5.74) is -0.856. The van der Waals surface area contributed by atoms with Crippen LogP contribution < -0.4 is 0 Å². The molecular weight excluding hydrogens is 554 g/mol. The number of alkyl halides is 6. The molecule has 0 spiro atoms. The first kappa shape index (κ1) is 37.1. The lowest BCUT2D eigenvalue weighted by Gasteiger charge is -2.18. The number of halogens is 6. The second kappa shape index (κ2) is 20.0. The van der Waals surface area contributed by atoms with Crippen LogP contribution in [0.4, 0.5) is 26.3 Å². The number of hydrogen-bond donors (Lipinski definition) is 0. The van der Waals surface area contributed by atoms with Gasteiger partial charge < -0.3 is 18.9 Å². The smallest absolute Gasteiger partial charge is 0.347 e. The van der Waals surface area contributed by atoms with Crippen LogP contribution in [0.25, 0.3) is 0 Å². The molecule has 0 atom stereocenters. The molecule has 1 aromatic heterocycles. The van der Waals surface area contributed by atoms with Crippen LogP contribution in [-0.2, 0) is 29.9 Å². The van der Waals surface area contributed by atoms with Crippen molar-refractivity contribution in [3.05, 3.63) is 17.5 Å². The minimum absolute atomic E-state index is 0.108. The molecule has 39 heavy (non-hydrogen) atoms. The van der Waals surface area contributed by atoms with Crippen molar-refractivity contribution in [2.24, 2.45) is 0 Å². The summed E-state index contributed by atoms with van der Waals surface area (Å²) >= 11 is 1.24. The number of thioether (sulfide) groups is 1. The lowest BCUT2D eigenvalue weighted by atomic mass is 10.2. The topological polar surface area (TPSA) is 79.8 Å². The van der Waals surface area contributed by atoms with Crippen LogP contribution in [0.3, 0.4) is 0 Å². The molecule has 0 aliphatic carbocycles. The highest BCUT2D eigenvalue weighted by Gasteiger charge is 2.37. The molecule has 0 saturated carbocycles. The lowest BCUT2D eigenvalue weighted by molar-refractivity contribution is -0.164. The summed E-state index contributed by atoms with van der Waals surface area (Å²) in [6.07, 6.45) is -7.27. The van der Waals surface area contributed by atoms with E-state index in [4.69, 9.17) is 18.9 Å². The van der Waals surface area contributed by atoms with E-state index in [-0.39, 0.29) is 24.1 Å². The number of aromatic nitrogens is 2. The van der Waals surface area contributed by atoms with Crippen molar-refractivity contribution in [3.8, 4) is 11.8 Å². The predicted molar refractivity (Wildman–Crippen MR) is 134 cm³/mol. The van der Waals surface area contributed by atoms with Gasteiger partial charge in [-0.15, -0.1) is 0 Å². The van der Waals surface area contributed by atoms with Gasteiger partial charge in [-0.3, -0.25) is 4.79 Å². The van der Waals surface area contributed by atoms with E-state index < -0.39 is 36.4 Å². The van der Waals surface area contributed by atoms with Gasteiger partial charge in [0.15, 0.2) is 5.16 Å². The highest BCUT2D eigenvalue weighted by Crippen LogP contribution is 2.31. The van der Waals surface area contributed by atoms with Crippen molar-refractivity contribution in [3.63, 3.8) is 0 Å². The molecule has 14 heteroatoms. The largest absolute Gasteiger partial charge is 0.462 e. The molecule has 224 valence electrons. The number of Topliss-reactive ketones (excluding diaryl/α,β-unsaturated/α-hetero) is 1. The molecule has 0 aromatic carbocycles. The van der Waals surface area contributed by atoms with Gasteiger partial charge in [-0.25, -0.2) is 9.97 Å². The highest BCUT2D eigenvalue weighted by molar-refractivity contribution is 7.99. The van der Waals surface area contributed by atoms with E-state index in [0.29, 0.717) is 19.0 Å². The maximum Gasteiger partial charge on any atom is 0.462 e. The third kappa shape index (κ3) is 16.7. The second-order valence-electron chi connectivity index (χ2n) is 7.45. The Balaban J connectivity index is 0.000000830. The van der Waals surface area contributed by atoms with Crippen LogP contribution in [0.2, 0.25) is 0 Å². The van der Waals surface area contributed by atoms with Gasteiger partial charge >= 0.3 is 18.1 Å². The van der Waals surface area contributed by atoms with E-state index in [1.165, 1.54) is 17.7 Å². The van der Waals surface area contributed by atoms with Crippen molar-refractivity contribution in [1.29, 1.82) is 0 Å². The van der Waals surface area contributed by atoms with Gasteiger partial charge in [0.05, 0.1) is 0 Å². The number of hydrogen-bond acceptors (Lipinski definition) is 8. The fourth-order valence-electron chi connectivity index (χ4n) is 2.62. The average molecular weight is 591 g/mol. The van der Waals surface area contributed by atoms with Crippen molar-refractivity contribution in [2.75, 3.05) is 32.2 Å². The first-order valence-corrected chi connectivity index (χ1v) is 13.5. The molecule has 0 aliphatic heterocycles. The SMILES string of the molecule is CCCCCCSc1nc(C(OCC)OCC)cc(C(F)(F)F)n1.CCOC(C#CC(=O)C(F)(F)F)OCC. The van der Waals surface area contributed by atoms with Gasteiger partial charge in [-0.2, -0.15) is 26.3 Å². The molecule has 7 nitrogen and oxygen atoms in total. The Morgan fingerprint density at radius 1 is 0.872 bits per heavy atom. The molecule has 0 amide bonds. The molecular formula is C25H36F6N2O5S. The highest BCUT2D eigenvalue weighted by atomic mass is 32.2. The quantitative estimate of drug-likeness (QED) is 0.0422. The molecule has 1 aromatic rings. The summed E-state index contributed by atoms with van der Waals surface area (Å²) in [4.78, 5) is 18.2. The normalized spacial score (nSPS) is 11.7. The number of carbonyl (C=O) groups excluding carboxylic acids is 1. The third-order valence-electron chi connectivity index (χ3n) is 4.32. The van der Waals surface area contributed by atoms with Gasteiger partial charge in [0.25, 0.3) is 0 Å². The van der Waals surface area contributed by atoms with Crippen LogP contribution >= 0.6 is 11.8 Å². The minimum Gasteiger partial charge on any atom is -0.347 e. The fourth-order valence-corrected chi connectivity index (χ4v) is 3.48. The summed E-state index contributed by atoms with van der Waals surface area (Å²) < 4.78 is 94.9. The van der Waals surface area contributed by atoms with Gasteiger partial charge in [0.1, 0.15) is 11.4 Å². The van der Waals surface area contributed by atoms with Gasteiger partial charge in [-0.1, -0.05) is 37.9 Å². The summed E-state index contributed by atoms with van der Waals surface area (Å²) in [6.45, 7) is 9.99. The van der Waals surface area contributed by atoms with Gasteiger partial charge in [-0.05, 0) is 52.0 Å². The summed E-state index contributed by atoms with van der Waals surface area (Å²) in [6, 6.07) is 0.900. The van der Waals surface area contributed by atoms with Crippen LogP contribution in [0.15, 0.2) is 11.2 Å². The maximum atomic E-state index is 13.1. The van der Waals surface area contributed by atoms with Gasteiger partial charge in [0.2, 0.25) is 12.6 Å². The first-order chi connectivity index (χ1) is 18.3. The zero-order chi connectivity index (χ0) is 29.9. The summed E-state index contributed by atoms with van der Waals surface area (Å²) in [5, 5.41) is 0.112. The van der Waals surface area contributed by atoms with Crippen LogP contribution in [0, 0.1) is 11.8 Å². The van der Waals surface area contributed by atoms with E-state index in [1.807, 2.05) is 5.92 Å². The number of unbranched alkanes of at least 4 members (excludes halogenated alkanes) is 3. The van der Waals surface area contributed by atoms with E-state index in [9.17, 15) is 31.1 Å². The number of ketones is 1. The standard InChI is InChI=1S/C16H25F3N2O2S.C9H11F3O3/c1-4-7-8-9-10-24-15-20-12(14(22-5-2)23-6-3)11-13(21-15)16(17,18)19;1-3-14-8(15-4-2)6-5-7(13)9(10,11)12/h11,14H,4-10H2,1-3H3;8H,3-4H2,1-2H3. The summed E-state index contributed by atoms with van der Waals surface area (Å²) in [5.74, 6) is 1.98. The zero-order valence-corrected chi connectivity index (χ0v) is 23.5. The third-order valence-corrected chi connectivity index (χ3v) is 5.25. The van der Waals surface area contributed by atoms with E-state index >= 15 is 0 Å².